The van der Waals surface area contributed by atoms with Crippen LogP contribution >= 0.6 is 15.9 Å². The first-order valence-electron chi connectivity index (χ1n) is 4.91. The van der Waals surface area contributed by atoms with E-state index in [1.54, 1.807) is 12.1 Å². The molecule has 1 aromatic heterocycles. The molecule has 1 heterocycles. The number of ether oxygens (including phenoxy) is 1. The number of halogens is 3. The maximum absolute atomic E-state index is 12.2. The second kappa shape index (κ2) is 5.30. The second-order valence-corrected chi connectivity index (χ2v) is 4.16. The van der Waals surface area contributed by atoms with Gasteiger partial charge in [-0.05, 0) is 34.1 Å². The molecule has 1 aromatic carbocycles. The van der Waals surface area contributed by atoms with Crippen LogP contribution in [0.2, 0.25) is 0 Å². The SMILES string of the molecule is O=C(c1ccccc1OC(F)F)c1occc1Br. The van der Waals surface area contributed by atoms with E-state index in [4.69, 9.17) is 4.42 Å². The Hall–Kier alpha value is -1.69. The molecule has 0 unspecified atom stereocenters. The quantitative estimate of drug-likeness (QED) is 0.804. The van der Waals surface area contributed by atoms with Crippen LogP contribution in [0.4, 0.5) is 8.78 Å². The molecule has 0 N–H and O–H groups in total. The summed E-state index contributed by atoms with van der Waals surface area (Å²) in [6.07, 6.45) is 1.33. The third-order valence-electron chi connectivity index (χ3n) is 2.17. The van der Waals surface area contributed by atoms with E-state index in [1.165, 1.54) is 24.5 Å². The molecule has 0 atom stereocenters. The van der Waals surface area contributed by atoms with Crippen molar-refractivity contribution in [2.75, 3.05) is 0 Å². The average Bonchev–Trinajstić information content (AvgIpc) is 2.74. The number of ketones is 1. The van der Waals surface area contributed by atoms with Gasteiger partial charge in [0.15, 0.2) is 5.76 Å². The Morgan fingerprint density at radius 2 is 2.00 bits per heavy atom. The van der Waals surface area contributed by atoms with Crippen LogP contribution in [0.3, 0.4) is 0 Å². The number of hydrogen-bond donors (Lipinski definition) is 0. The van der Waals surface area contributed by atoms with Crippen molar-refractivity contribution in [3.05, 3.63) is 52.4 Å². The maximum Gasteiger partial charge on any atom is 0.387 e. The van der Waals surface area contributed by atoms with E-state index >= 15 is 0 Å². The normalized spacial score (nSPS) is 10.7. The monoisotopic (exact) mass is 316 g/mol. The largest absolute Gasteiger partial charge is 0.460 e. The molecule has 0 saturated carbocycles. The molecule has 0 aliphatic heterocycles. The van der Waals surface area contributed by atoms with Crippen LogP contribution in [0, 0.1) is 0 Å². The Balaban J connectivity index is 2.39. The number of alkyl halides is 2. The van der Waals surface area contributed by atoms with Gasteiger partial charge < -0.3 is 9.15 Å². The Morgan fingerprint density at radius 1 is 1.28 bits per heavy atom. The summed E-state index contributed by atoms with van der Waals surface area (Å²) in [5, 5.41) is 0. The minimum Gasteiger partial charge on any atom is -0.460 e. The molecule has 0 spiro atoms. The molecule has 94 valence electrons. The third kappa shape index (κ3) is 2.59. The van der Waals surface area contributed by atoms with Gasteiger partial charge in [-0.15, -0.1) is 0 Å². The van der Waals surface area contributed by atoms with Crippen LogP contribution in [0.15, 0.2) is 45.5 Å². The third-order valence-corrected chi connectivity index (χ3v) is 2.80. The lowest BCUT2D eigenvalue weighted by Crippen LogP contribution is -2.08. The summed E-state index contributed by atoms with van der Waals surface area (Å²) in [5.41, 5.74) is 0.0217. The van der Waals surface area contributed by atoms with E-state index in [2.05, 4.69) is 20.7 Å². The van der Waals surface area contributed by atoms with Crippen molar-refractivity contribution in [1.82, 2.24) is 0 Å². The Labute approximate surface area is 109 Å². The number of benzene rings is 1. The van der Waals surface area contributed by atoms with Gasteiger partial charge in [0.25, 0.3) is 0 Å². The van der Waals surface area contributed by atoms with Gasteiger partial charge in [-0.25, -0.2) is 0 Å². The standard InChI is InChI=1S/C12H7BrF2O3/c13-8-5-6-17-11(8)10(16)7-3-1-2-4-9(7)18-12(14)15/h1-6,12H. The fraction of sp³-hybridized carbons (Fsp3) is 0.0833. The Bertz CT molecular complexity index is 566. The van der Waals surface area contributed by atoms with Crippen molar-refractivity contribution in [2.45, 2.75) is 6.61 Å². The maximum atomic E-state index is 12.2. The number of carbonyl (C=O) groups excluding carboxylic acids is 1. The fourth-order valence-corrected chi connectivity index (χ4v) is 1.81. The first-order chi connectivity index (χ1) is 8.59. The smallest absolute Gasteiger partial charge is 0.387 e. The minimum absolute atomic E-state index is 0.0217. The number of para-hydroxylation sites is 1. The molecule has 0 radical (unpaired) electrons. The lowest BCUT2D eigenvalue weighted by Gasteiger charge is -2.08. The van der Waals surface area contributed by atoms with Gasteiger partial charge in [0.1, 0.15) is 5.75 Å². The van der Waals surface area contributed by atoms with Gasteiger partial charge in [-0.2, -0.15) is 8.78 Å². The predicted molar refractivity (Wildman–Crippen MR) is 62.9 cm³/mol. The Morgan fingerprint density at radius 3 is 2.61 bits per heavy atom. The summed E-state index contributed by atoms with van der Waals surface area (Å²) in [7, 11) is 0. The molecular weight excluding hydrogens is 310 g/mol. The van der Waals surface area contributed by atoms with Crippen LogP contribution in [-0.4, -0.2) is 12.4 Å². The van der Waals surface area contributed by atoms with Gasteiger partial charge in [0, 0.05) is 0 Å². The van der Waals surface area contributed by atoms with Crippen molar-refractivity contribution < 1.29 is 22.7 Å². The van der Waals surface area contributed by atoms with Crippen LogP contribution in [0.25, 0.3) is 0 Å². The fourth-order valence-electron chi connectivity index (χ4n) is 1.43. The highest BCUT2D eigenvalue weighted by Crippen LogP contribution is 2.27. The van der Waals surface area contributed by atoms with Crippen molar-refractivity contribution in [3.63, 3.8) is 0 Å². The molecule has 0 aliphatic carbocycles. The Kier molecular flexibility index (Phi) is 3.76. The second-order valence-electron chi connectivity index (χ2n) is 3.30. The molecule has 0 bridgehead atoms. The first-order valence-corrected chi connectivity index (χ1v) is 5.70. The highest BCUT2D eigenvalue weighted by molar-refractivity contribution is 9.10. The summed E-state index contributed by atoms with van der Waals surface area (Å²) in [4.78, 5) is 12.1. The van der Waals surface area contributed by atoms with E-state index in [0.29, 0.717) is 4.47 Å². The molecular formula is C12H7BrF2O3. The van der Waals surface area contributed by atoms with Crippen molar-refractivity contribution in [2.24, 2.45) is 0 Å². The number of carbonyl (C=O) groups is 1. The number of rotatable bonds is 4. The van der Waals surface area contributed by atoms with E-state index < -0.39 is 12.4 Å². The van der Waals surface area contributed by atoms with E-state index in [1.807, 2.05) is 0 Å². The number of hydrogen-bond acceptors (Lipinski definition) is 3. The highest BCUT2D eigenvalue weighted by Gasteiger charge is 2.21. The van der Waals surface area contributed by atoms with Crippen LogP contribution in [0.1, 0.15) is 16.1 Å². The number of furan rings is 1. The van der Waals surface area contributed by atoms with Gasteiger partial charge >= 0.3 is 6.61 Å². The van der Waals surface area contributed by atoms with Crippen LogP contribution < -0.4 is 4.74 Å². The average molecular weight is 317 g/mol. The minimum atomic E-state index is -2.99. The van der Waals surface area contributed by atoms with E-state index in [-0.39, 0.29) is 17.1 Å². The molecule has 0 fully saturated rings. The van der Waals surface area contributed by atoms with Crippen molar-refractivity contribution in [1.29, 1.82) is 0 Å². The molecule has 2 rings (SSSR count). The molecule has 3 nitrogen and oxygen atoms in total. The highest BCUT2D eigenvalue weighted by atomic mass is 79.9. The van der Waals surface area contributed by atoms with Crippen molar-refractivity contribution in [3.8, 4) is 5.75 Å². The molecule has 2 aromatic rings. The summed E-state index contributed by atoms with van der Waals surface area (Å²) >= 11 is 3.14. The summed E-state index contributed by atoms with van der Waals surface area (Å²) < 4.78 is 34.2. The summed E-state index contributed by atoms with van der Waals surface area (Å²) in [6, 6.07) is 7.31. The summed E-state index contributed by atoms with van der Waals surface area (Å²) in [6.45, 7) is -2.99. The van der Waals surface area contributed by atoms with Crippen molar-refractivity contribution >= 4 is 21.7 Å². The summed E-state index contributed by atoms with van der Waals surface area (Å²) in [5.74, 6) is -0.663. The lowest BCUT2D eigenvalue weighted by atomic mass is 10.1. The van der Waals surface area contributed by atoms with Gasteiger partial charge in [-0.3, -0.25) is 4.79 Å². The first kappa shape index (κ1) is 12.8. The predicted octanol–water partition coefficient (Wildman–Crippen LogP) is 3.87. The van der Waals surface area contributed by atoms with Crippen LogP contribution in [-0.2, 0) is 0 Å². The van der Waals surface area contributed by atoms with Crippen LogP contribution in [0.5, 0.6) is 5.75 Å². The van der Waals surface area contributed by atoms with E-state index in [9.17, 15) is 13.6 Å². The molecule has 0 amide bonds. The lowest BCUT2D eigenvalue weighted by molar-refractivity contribution is -0.0501. The van der Waals surface area contributed by atoms with Gasteiger partial charge in [0.2, 0.25) is 5.78 Å². The molecule has 0 saturated heterocycles. The van der Waals surface area contributed by atoms with Gasteiger partial charge in [0.05, 0.1) is 16.3 Å². The zero-order chi connectivity index (χ0) is 13.1. The zero-order valence-electron chi connectivity index (χ0n) is 8.90. The molecule has 0 aliphatic rings. The van der Waals surface area contributed by atoms with Gasteiger partial charge in [-0.1, -0.05) is 12.1 Å². The molecule has 18 heavy (non-hydrogen) atoms. The topological polar surface area (TPSA) is 39.4 Å². The van der Waals surface area contributed by atoms with E-state index in [0.717, 1.165) is 0 Å². The molecule has 6 heteroatoms. The zero-order valence-corrected chi connectivity index (χ0v) is 10.5.